The molecule has 2 heterocycles. The van der Waals surface area contributed by atoms with E-state index in [1.165, 1.54) is 27.3 Å². The number of para-hydroxylation sites is 3. The third-order valence-electron chi connectivity index (χ3n) is 10.2. The van der Waals surface area contributed by atoms with E-state index in [0.717, 1.165) is 66.3 Å². The van der Waals surface area contributed by atoms with E-state index >= 15 is 0 Å². The van der Waals surface area contributed by atoms with Gasteiger partial charge in [-0.1, -0.05) is 120 Å². The monoisotopic (exact) mass is 656 g/mol. The second-order valence-electron chi connectivity index (χ2n) is 13.5. The summed E-state index contributed by atoms with van der Waals surface area (Å²) < 4.78 is 8.18. The fraction of sp³-hybridized carbons (Fsp3) is 0.0217. The Labute approximate surface area is 304 Å². The van der Waals surface area contributed by atoms with E-state index in [4.69, 9.17) is 32.9 Å². The van der Waals surface area contributed by atoms with E-state index in [1.807, 2.05) is 41.0 Å². The number of furan rings is 1. The molecule has 10 rings (SSSR count). The van der Waals surface area contributed by atoms with Gasteiger partial charge >= 0.3 is 0 Å². The molecule has 3 nitrogen and oxygen atoms in total. The molecule has 52 heavy (non-hydrogen) atoms. The Morgan fingerprint density at radius 2 is 1.02 bits per heavy atom. The van der Waals surface area contributed by atoms with Crippen molar-refractivity contribution in [2.24, 2.45) is 0 Å². The highest BCUT2D eigenvalue weighted by atomic mass is 16.3. The van der Waals surface area contributed by atoms with Gasteiger partial charge in [-0.3, -0.25) is 4.57 Å². The van der Waals surface area contributed by atoms with E-state index in [2.05, 4.69) is 127 Å². The van der Waals surface area contributed by atoms with Gasteiger partial charge in [-0.15, -0.1) is 0 Å². The minimum atomic E-state index is -1.62. The second kappa shape index (κ2) is 11.6. The fourth-order valence-electron chi connectivity index (χ4n) is 7.85. The number of aromatic nitrogens is 2. The SMILES string of the molecule is [B]C([B])([B])c1nc2ccccc2n1-c1ccc(-c2c3ccccc3c(-c3ccc4oc5ccccc5c4c3)c3cc(-c4ccccc4)ccc23)cc1. The predicted octanol–water partition coefficient (Wildman–Crippen LogP) is 10.8. The number of fused-ring (bicyclic) bond motifs is 6. The molecule has 0 amide bonds. The summed E-state index contributed by atoms with van der Waals surface area (Å²) in [7, 11) is 18.7. The van der Waals surface area contributed by atoms with Crippen molar-refractivity contribution >= 4 is 78.1 Å². The average Bonchev–Trinajstić information content (AvgIpc) is 3.76. The molecule has 236 valence electrons. The Balaban J connectivity index is 1.23. The molecule has 10 aromatic rings. The molecule has 0 spiro atoms. The number of nitrogens with zero attached hydrogens (tertiary/aromatic N) is 2. The zero-order valence-electron chi connectivity index (χ0n) is 28.1. The first kappa shape index (κ1) is 30.6. The summed E-state index contributed by atoms with van der Waals surface area (Å²) >= 11 is 0. The highest BCUT2D eigenvalue weighted by Gasteiger charge is 2.23. The van der Waals surface area contributed by atoms with Crippen LogP contribution in [0.2, 0.25) is 0 Å². The average molecular weight is 656 g/mol. The summed E-state index contributed by atoms with van der Waals surface area (Å²) in [6, 6.07) is 57.3. The van der Waals surface area contributed by atoms with Crippen LogP contribution in [-0.4, -0.2) is 33.1 Å². The molecule has 2 aromatic heterocycles. The molecule has 6 heteroatoms. The standard InChI is InChI=1S/C46H27B3N2O/c47-46(48,49)45-50-39-15-7-8-16-40(39)51(45)32-22-18-29(19-23-32)43-34-13-4-5-14-35(34)44(38-26-30(20-24-36(38)43)28-10-2-1-3-11-28)31-21-25-42-37(27-31)33-12-6-9-17-41(33)52-42/h1-27H. The van der Waals surface area contributed by atoms with Crippen LogP contribution in [0.3, 0.4) is 0 Å². The maximum atomic E-state index is 6.24. The third-order valence-corrected chi connectivity index (χ3v) is 10.2. The number of imidazole rings is 1. The Kier molecular flexibility index (Phi) is 6.84. The van der Waals surface area contributed by atoms with Crippen LogP contribution in [0.4, 0.5) is 0 Å². The van der Waals surface area contributed by atoms with Crippen LogP contribution in [0.15, 0.2) is 168 Å². The lowest BCUT2D eigenvalue weighted by Gasteiger charge is -2.22. The summed E-state index contributed by atoms with van der Waals surface area (Å²) in [5.41, 5.74) is 11.2. The molecule has 0 aliphatic rings. The van der Waals surface area contributed by atoms with Gasteiger partial charge in [0.05, 0.1) is 40.4 Å². The van der Waals surface area contributed by atoms with Crippen LogP contribution in [-0.2, 0) is 5.11 Å². The van der Waals surface area contributed by atoms with Crippen molar-refractivity contribution in [2.75, 3.05) is 0 Å². The van der Waals surface area contributed by atoms with Crippen molar-refractivity contribution in [1.29, 1.82) is 0 Å². The Hall–Kier alpha value is -6.26. The van der Waals surface area contributed by atoms with Gasteiger partial charge < -0.3 is 4.42 Å². The molecule has 6 radical (unpaired) electrons. The summed E-state index contributed by atoms with van der Waals surface area (Å²) in [5.74, 6) is 0.387. The minimum absolute atomic E-state index is 0.387. The maximum Gasteiger partial charge on any atom is 0.135 e. The van der Waals surface area contributed by atoms with E-state index in [1.54, 1.807) is 0 Å². The zero-order chi connectivity index (χ0) is 35.0. The summed E-state index contributed by atoms with van der Waals surface area (Å²) in [4.78, 5) is 4.71. The Bertz CT molecular complexity index is 2990. The topological polar surface area (TPSA) is 31.0 Å². The van der Waals surface area contributed by atoms with Crippen molar-refractivity contribution in [3.63, 3.8) is 0 Å². The number of hydrogen-bond donors (Lipinski definition) is 0. The van der Waals surface area contributed by atoms with Crippen LogP contribution < -0.4 is 0 Å². The fourth-order valence-corrected chi connectivity index (χ4v) is 7.85. The van der Waals surface area contributed by atoms with E-state index < -0.39 is 5.11 Å². The van der Waals surface area contributed by atoms with Crippen LogP contribution in [0, 0.1) is 0 Å². The summed E-state index contributed by atoms with van der Waals surface area (Å²) in [6.07, 6.45) is 0. The van der Waals surface area contributed by atoms with Crippen molar-refractivity contribution in [3.8, 4) is 39.1 Å². The Morgan fingerprint density at radius 3 is 1.79 bits per heavy atom. The summed E-state index contributed by atoms with van der Waals surface area (Å²) in [6.45, 7) is 0. The lowest BCUT2D eigenvalue weighted by molar-refractivity contribution is 0.669. The maximum absolute atomic E-state index is 6.24. The van der Waals surface area contributed by atoms with Crippen LogP contribution >= 0.6 is 0 Å². The molecule has 0 saturated carbocycles. The summed E-state index contributed by atoms with van der Waals surface area (Å²) in [5, 5.41) is 5.27. The molecule has 0 saturated heterocycles. The van der Waals surface area contributed by atoms with Gasteiger partial charge in [-0.05, 0) is 103 Å². The lowest BCUT2D eigenvalue weighted by atomic mass is 9.42. The van der Waals surface area contributed by atoms with Gasteiger partial charge in [0.25, 0.3) is 0 Å². The second-order valence-corrected chi connectivity index (χ2v) is 13.5. The van der Waals surface area contributed by atoms with Crippen molar-refractivity contribution in [3.05, 3.63) is 170 Å². The van der Waals surface area contributed by atoms with Gasteiger partial charge in [0, 0.05) is 16.5 Å². The molecule has 0 aliphatic heterocycles. The molecule has 0 N–H and O–H groups in total. The first-order valence-corrected chi connectivity index (χ1v) is 17.3. The predicted molar refractivity (Wildman–Crippen MR) is 219 cm³/mol. The number of benzene rings is 8. The lowest BCUT2D eigenvalue weighted by Crippen LogP contribution is -2.31. The Morgan fingerprint density at radius 1 is 0.442 bits per heavy atom. The van der Waals surface area contributed by atoms with E-state index in [0.29, 0.717) is 5.82 Å². The van der Waals surface area contributed by atoms with Crippen LogP contribution in [0.1, 0.15) is 5.82 Å². The van der Waals surface area contributed by atoms with Crippen LogP contribution in [0.5, 0.6) is 0 Å². The molecule has 0 unspecified atom stereocenters. The van der Waals surface area contributed by atoms with Gasteiger partial charge in [-0.25, -0.2) is 4.98 Å². The smallest absolute Gasteiger partial charge is 0.135 e. The van der Waals surface area contributed by atoms with Gasteiger partial charge in [0.15, 0.2) is 0 Å². The van der Waals surface area contributed by atoms with Gasteiger partial charge in [0.2, 0.25) is 0 Å². The molecule has 8 aromatic carbocycles. The molecule has 0 aliphatic carbocycles. The normalized spacial score (nSPS) is 12.1. The zero-order valence-corrected chi connectivity index (χ0v) is 28.1. The number of rotatable bonds is 5. The first-order chi connectivity index (χ1) is 25.4. The van der Waals surface area contributed by atoms with E-state index in [9.17, 15) is 0 Å². The highest BCUT2D eigenvalue weighted by molar-refractivity contribution is 6.58. The van der Waals surface area contributed by atoms with Crippen LogP contribution in [0.25, 0.3) is 93.6 Å². The number of hydrogen-bond acceptors (Lipinski definition) is 2. The van der Waals surface area contributed by atoms with Crippen molar-refractivity contribution < 1.29 is 4.42 Å². The molecular weight excluding hydrogens is 629 g/mol. The first-order valence-electron chi connectivity index (χ1n) is 17.3. The molecule has 0 atom stereocenters. The largest absolute Gasteiger partial charge is 0.456 e. The highest BCUT2D eigenvalue weighted by Crippen LogP contribution is 2.46. The molecular formula is C46H27B3N2O. The molecule has 0 bridgehead atoms. The minimum Gasteiger partial charge on any atom is -0.456 e. The van der Waals surface area contributed by atoms with Gasteiger partial charge in [0.1, 0.15) is 11.2 Å². The third kappa shape index (κ3) is 4.82. The molecule has 0 fully saturated rings. The quantitative estimate of drug-likeness (QED) is 0.136. The van der Waals surface area contributed by atoms with E-state index in [-0.39, 0.29) is 0 Å². The van der Waals surface area contributed by atoms with Crippen molar-refractivity contribution in [2.45, 2.75) is 5.11 Å². The van der Waals surface area contributed by atoms with Crippen molar-refractivity contribution in [1.82, 2.24) is 9.55 Å². The van der Waals surface area contributed by atoms with Gasteiger partial charge in [-0.2, -0.15) is 0 Å².